The third-order valence-electron chi connectivity index (χ3n) is 3.27. The van der Waals surface area contributed by atoms with Crippen LogP contribution in [0, 0.1) is 3.57 Å². The fourth-order valence-electron chi connectivity index (χ4n) is 2.16. The fourth-order valence-corrected chi connectivity index (χ4v) is 3.55. The topological polar surface area (TPSA) is 37.4 Å². The van der Waals surface area contributed by atoms with Gasteiger partial charge in [0.25, 0.3) is 11.1 Å². The molecule has 0 bridgehead atoms. The van der Waals surface area contributed by atoms with Crippen molar-refractivity contribution < 1.29 is 9.59 Å². The second kappa shape index (κ2) is 7.07. The summed E-state index contributed by atoms with van der Waals surface area (Å²) in [5.74, 6) is -0.265. The molecule has 1 aliphatic heterocycles. The molecule has 0 radical (unpaired) electrons. The molecule has 0 saturated carbocycles. The van der Waals surface area contributed by atoms with Crippen LogP contribution in [0.1, 0.15) is 11.1 Å². The van der Waals surface area contributed by atoms with Crippen LogP contribution in [-0.4, -0.2) is 16.0 Å². The predicted octanol–water partition coefficient (Wildman–Crippen LogP) is 5.18. The van der Waals surface area contributed by atoms with Crippen molar-refractivity contribution in [3.8, 4) is 0 Å². The molecular weight excluding hydrogens is 445 g/mol. The van der Waals surface area contributed by atoms with Gasteiger partial charge < -0.3 is 0 Å². The first-order chi connectivity index (χ1) is 11.0. The smallest absolute Gasteiger partial charge is 0.268 e. The summed E-state index contributed by atoms with van der Waals surface area (Å²) in [6.45, 7) is 0.286. The van der Waals surface area contributed by atoms with Gasteiger partial charge in [-0.3, -0.25) is 14.5 Å². The van der Waals surface area contributed by atoms with Crippen LogP contribution >= 0.6 is 46.0 Å². The predicted molar refractivity (Wildman–Crippen MR) is 102 cm³/mol. The minimum Gasteiger partial charge on any atom is -0.268 e. The minimum atomic E-state index is -0.265. The molecule has 23 heavy (non-hydrogen) atoms. The number of carbonyl (C=O) groups excluding carboxylic acids is 2. The van der Waals surface area contributed by atoms with Crippen molar-refractivity contribution in [3.63, 3.8) is 0 Å². The highest BCUT2D eigenvalue weighted by Gasteiger charge is 2.34. The lowest BCUT2D eigenvalue weighted by molar-refractivity contribution is -0.123. The largest absolute Gasteiger partial charge is 0.293 e. The normalized spacial score (nSPS) is 16.4. The number of hydrogen-bond acceptors (Lipinski definition) is 3. The zero-order chi connectivity index (χ0) is 16.4. The number of imide groups is 1. The van der Waals surface area contributed by atoms with E-state index in [0.717, 1.165) is 26.5 Å². The molecule has 0 atom stereocenters. The highest BCUT2D eigenvalue weighted by Crippen LogP contribution is 2.33. The molecule has 0 aromatic heterocycles. The third kappa shape index (κ3) is 3.97. The van der Waals surface area contributed by atoms with Gasteiger partial charge in [0.1, 0.15) is 0 Å². The van der Waals surface area contributed by atoms with E-state index in [9.17, 15) is 9.59 Å². The van der Waals surface area contributed by atoms with Crippen molar-refractivity contribution in [1.29, 1.82) is 0 Å². The number of carbonyl (C=O) groups is 2. The van der Waals surface area contributed by atoms with Crippen molar-refractivity contribution in [1.82, 2.24) is 4.90 Å². The average molecular weight is 456 g/mol. The Labute approximate surface area is 156 Å². The number of rotatable bonds is 3. The molecule has 1 saturated heterocycles. The SMILES string of the molecule is O=C1S/C(=C\c2cccc(Cl)c2)C(=O)N1Cc1ccc(I)cc1. The Kier molecular flexibility index (Phi) is 5.08. The lowest BCUT2D eigenvalue weighted by Gasteiger charge is -2.12. The Bertz CT molecular complexity index is 804. The fraction of sp³-hybridized carbons (Fsp3) is 0.0588. The highest BCUT2D eigenvalue weighted by atomic mass is 127. The average Bonchev–Trinajstić information content (AvgIpc) is 2.77. The zero-order valence-electron chi connectivity index (χ0n) is 11.8. The second-order valence-corrected chi connectivity index (χ2v) is 7.62. The Morgan fingerprint density at radius 3 is 2.57 bits per heavy atom. The molecule has 1 aliphatic rings. The molecule has 0 spiro atoms. The van der Waals surface area contributed by atoms with Gasteiger partial charge in [-0.1, -0.05) is 35.9 Å². The first-order valence-electron chi connectivity index (χ1n) is 6.78. The third-order valence-corrected chi connectivity index (χ3v) is 5.14. The maximum atomic E-state index is 12.5. The van der Waals surface area contributed by atoms with Crippen molar-refractivity contribution in [2.24, 2.45) is 0 Å². The molecule has 0 N–H and O–H groups in total. The lowest BCUT2D eigenvalue weighted by atomic mass is 10.2. The summed E-state index contributed by atoms with van der Waals surface area (Å²) < 4.78 is 1.11. The number of amides is 2. The molecule has 2 aromatic rings. The summed E-state index contributed by atoms with van der Waals surface area (Å²) in [6, 6.07) is 14.9. The van der Waals surface area contributed by atoms with Gasteiger partial charge in [-0.2, -0.15) is 0 Å². The van der Waals surface area contributed by atoms with E-state index in [1.165, 1.54) is 4.90 Å². The number of hydrogen-bond donors (Lipinski definition) is 0. The van der Waals surface area contributed by atoms with Crippen LogP contribution in [0.5, 0.6) is 0 Å². The van der Waals surface area contributed by atoms with E-state index in [1.54, 1.807) is 18.2 Å². The van der Waals surface area contributed by atoms with Crippen LogP contribution in [0.3, 0.4) is 0 Å². The summed E-state index contributed by atoms with van der Waals surface area (Å²) in [7, 11) is 0. The standard InChI is InChI=1S/C17H11ClINO2S/c18-13-3-1-2-12(8-13)9-15-16(21)20(17(22)23-15)10-11-4-6-14(19)7-5-11/h1-9H,10H2/b15-9-. The van der Waals surface area contributed by atoms with E-state index in [1.807, 2.05) is 36.4 Å². The molecule has 0 aliphatic carbocycles. The molecule has 3 nitrogen and oxygen atoms in total. The van der Waals surface area contributed by atoms with Gasteiger partial charge in [0, 0.05) is 8.59 Å². The summed E-state index contributed by atoms with van der Waals surface area (Å²) in [5.41, 5.74) is 1.73. The number of benzene rings is 2. The molecule has 116 valence electrons. The van der Waals surface area contributed by atoms with Crippen molar-refractivity contribution >= 4 is 63.2 Å². The van der Waals surface area contributed by atoms with Gasteiger partial charge in [0.15, 0.2) is 0 Å². The molecule has 0 unspecified atom stereocenters. The van der Waals surface area contributed by atoms with Crippen LogP contribution in [0.2, 0.25) is 5.02 Å². The van der Waals surface area contributed by atoms with E-state index < -0.39 is 0 Å². The van der Waals surface area contributed by atoms with Crippen molar-refractivity contribution in [3.05, 3.63) is 73.2 Å². The van der Waals surface area contributed by atoms with Gasteiger partial charge in [-0.05, 0) is 75.8 Å². The molecule has 6 heteroatoms. The summed E-state index contributed by atoms with van der Waals surface area (Å²) in [5, 5.41) is 0.346. The van der Waals surface area contributed by atoms with Crippen molar-refractivity contribution in [2.75, 3.05) is 0 Å². The van der Waals surface area contributed by atoms with E-state index in [4.69, 9.17) is 11.6 Å². The maximum Gasteiger partial charge on any atom is 0.293 e. The first-order valence-corrected chi connectivity index (χ1v) is 9.05. The monoisotopic (exact) mass is 455 g/mol. The van der Waals surface area contributed by atoms with Gasteiger partial charge in [-0.25, -0.2) is 0 Å². The molecule has 3 rings (SSSR count). The highest BCUT2D eigenvalue weighted by molar-refractivity contribution is 14.1. The van der Waals surface area contributed by atoms with Crippen LogP contribution in [-0.2, 0) is 11.3 Å². The van der Waals surface area contributed by atoms with Gasteiger partial charge in [0.05, 0.1) is 11.4 Å². The summed E-state index contributed by atoms with van der Waals surface area (Å²) in [4.78, 5) is 26.3. The lowest BCUT2D eigenvalue weighted by Crippen LogP contribution is -2.27. The number of thioether (sulfide) groups is 1. The van der Waals surface area contributed by atoms with Crippen LogP contribution < -0.4 is 0 Å². The van der Waals surface area contributed by atoms with Gasteiger partial charge in [0.2, 0.25) is 0 Å². The zero-order valence-corrected chi connectivity index (χ0v) is 15.6. The van der Waals surface area contributed by atoms with Crippen LogP contribution in [0.15, 0.2) is 53.4 Å². The molecule has 1 heterocycles. The molecular formula is C17H11ClINO2S. The Balaban J connectivity index is 1.81. The van der Waals surface area contributed by atoms with Crippen LogP contribution in [0.4, 0.5) is 4.79 Å². The second-order valence-electron chi connectivity index (χ2n) is 4.95. The van der Waals surface area contributed by atoms with Gasteiger partial charge in [-0.15, -0.1) is 0 Å². The van der Waals surface area contributed by atoms with Gasteiger partial charge >= 0.3 is 0 Å². The minimum absolute atomic E-state index is 0.248. The maximum absolute atomic E-state index is 12.5. The Morgan fingerprint density at radius 1 is 1.13 bits per heavy atom. The van der Waals surface area contributed by atoms with Crippen LogP contribution in [0.25, 0.3) is 6.08 Å². The first kappa shape index (κ1) is 16.5. The quantitative estimate of drug-likeness (QED) is 0.473. The van der Waals surface area contributed by atoms with E-state index in [0.29, 0.717) is 9.93 Å². The molecule has 1 fully saturated rings. The Morgan fingerprint density at radius 2 is 1.87 bits per heavy atom. The molecule has 2 aromatic carbocycles. The summed E-state index contributed by atoms with van der Waals surface area (Å²) >= 11 is 9.12. The van der Waals surface area contributed by atoms with E-state index >= 15 is 0 Å². The molecule has 2 amide bonds. The summed E-state index contributed by atoms with van der Waals surface area (Å²) in [6.07, 6.45) is 1.70. The van der Waals surface area contributed by atoms with Crippen molar-refractivity contribution in [2.45, 2.75) is 6.54 Å². The van der Waals surface area contributed by atoms with E-state index in [2.05, 4.69) is 22.6 Å². The number of halogens is 2. The Hall–Kier alpha value is -1.31. The van der Waals surface area contributed by atoms with E-state index in [-0.39, 0.29) is 17.7 Å². The number of nitrogens with zero attached hydrogens (tertiary/aromatic N) is 1.